The Morgan fingerprint density at radius 3 is 1.35 bits per heavy atom. The standard InChI is InChI=1S/2C7H12O2.C2H4/c2*1-3-5-6-9-7(8)4-2;1-2/h2*4H,2-3,5-6H2,1H3;1-2H2. The topological polar surface area (TPSA) is 52.6 Å². The zero-order chi connectivity index (χ0) is 16.2. The lowest BCUT2D eigenvalue weighted by molar-refractivity contribution is -0.138. The molecule has 0 amide bonds. The maximum absolute atomic E-state index is 10.3. The summed E-state index contributed by atoms with van der Waals surface area (Å²) >= 11 is 0. The summed E-state index contributed by atoms with van der Waals surface area (Å²) in [4.78, 5) is 20.7. The third kappa shape index (κ3) is 25.1. The van der Waals surface area contributed by atoms with Gasteiger partial charge in [-0.25, -0.2) is 9.59 Å². The van der Waals surface area contributed by atoms with Crippen LogP contribution >= 0.6 is 0 Å². The largest absolute Gasteiger partial charge is 0.463 e. The highest BCUT2D eigenvalue weighted by Crippen LogP contribution is 1.88. The van der Waals surface area contributed by atoms with E-state index in [1.807, 2.05) is 13.8 Å². The second-order valence-corrected chi connectivity index (χ2v) is 3.45. The molecule has 0 unspecified atom stereocenters. The molecular weight excluding hydrogens is 256 g/mol. The first-order valence-corrected chi connectivity index (χ1v) is 6.70. The van der Waals surface area contributed by atoms with Gasteiger partial charge in [0.25, 0.3) is 0 Å². The molecule has 0 rings (SSSR count). The van der Waals surface area contributed by atoms with Crippen LogP contribution in [0.15, 0.2) is 38.5 Å². The van der Waals surface area contributed by atoms with Crippen molar-refractivity contribution in [2.45, 2.75) is 39.5 Å². The van der Waals surface area contributed by atoms with E-state index in [9.17, 15) is 9.59 Å². The molecule has 0 aliphatic heterocycles. The lowest BCUT2D eigenvalue weighted by atomic mass is 10.4. The molecule has 0 N–H and O–H groups in total. The van der Waals surface area contributed by atoms with Gasteiger partial charge in [-0.3, -0.25) is 0 Å². The number of carbonyl (C=O) groups excluding carboxylic acids is 2. The number of ether oxygens (including phenoxy) is 2. The second kappa shape index (κ2) is 22.3. The van der Waals surface area contributed by atoms with E-state index in [4.69, 9.17) is 0 Å². The van der Waals surface area contributed by atoms with E-state index >= 15 is 0 Å². The van der Waals surface area contributed by atoms with Crippen LogP contribution < -0.4 is 0 Å². The fourth-order valence-corrected chi connectivity index (χ4v) is 0.752. The number of unbranched alkanes of at least 4 members (excludes halogenated alkanes) is 2. The second-order valence-electron chi connectivity index (χ2n) is 3.45. The van der Waals surface area contributed by atoms with Crippen molar-refractivity contribution in [3.63, 3.8) is 0 Å². The van der Waals surface area contributed by atoms with Crippen LogP contribution in [0.3, 0.4) is 0 Å². The first-order valence-electron chi connectivity index (χ1n) is 6.70. The van der Waals surface area contributed by atoms with Gasteiger partial charge in [-0.1, -0.05) is 39.8 Å². The molecule has 0 atom stereocenters. The van der Waals surface area contributed by atoms with Crippen LogP contribution in [-0.4, -0.2) is 25.2 Å². The summed E-state index contributed by atoms with van der Waals surface area (Å²) in [7, 11) is 0. The Hall–Kier alpha value is -1.84. The number of hydrogen-bond donors (Lipinski definition) is 0. The summed E-state index contributed by atoms with van der Waals surface area (Å²) in [6.45, 7) is 17.6. The van der Waals surface area contributed by atoms with Gasteiger partial charge in [-0.2, -0.15) is 0 Å². The van der Waals surface area contributed by atoms with E-state index < -0.39 is 0 Å². The minimum absolute atomic E-state index is 0.330. The smallest absolute Gasteiger partial charge is 0.330 e. The summed E-state index contributed by atoms with van der Waals surface area (Å²) in [5.41, 5.74) is 0. The van der Waals surface area contributed by atoms with Gasteiger partial charge in [-0.15, -0.1) is 13.2 Å². The molecule has 20 heavy (non-hydrogen) atoms. The maximum atomic E-state index is 10.3. The fourth-order valence-electron chi connectivity index (χ4n) is 0.752. The van der Waals surface area contributed by atoms with Gasteiger partial charge in [0.15, 0.2) is 0 Å². The van der Waals surface area contributed by atoms with Crippen LogP contribution in [-0.2, 0) is 19.1 Å². The molecule has 0 radical (unpaired) electrons. The quantitative estimate of drug-likeness (QED) is 0.294. The predicted octanol–water partition coefficient (Wildman–Crippen LogP) is 3.83. The van der Waals surface area contributed by atoms with E-state index in [-0.39, 0.29) is 11.9 Å². The van der Waals surface area contributed by atoms with E-state index in [1.165, 1.54) is 12.2 Å². The van der Waals surface area contributed by atoms with E-state index in [1.54, 1.807) is 0 Å². The van der Waals surface area contributed by atoms with Crippen LogP contribution in [0.25, 0.3) is 0 Å². The molecule has 4 nitrogen and oxygen atoms in total. The average Bonchev–Trinajstić information content (AvgIpc) is 2.50. The van der Waals surface area contributed by atoms with Crippen LogP contribution in [0.1, 0.15) is 39.5 Å². The van der Waals surface area contributed by atoms with Gasteiger partial charge >= 0.3 is 11.9 Å². The molecule has 0 aliphatic rings. The molecule has 0 fully saturated rings. The van der Waals surface area contributed by atoms with Crippen LogP contribution in [0.5, 0.6) is 0 Å². The maximum Gasteiger partial charge on any atom is 0.330 e. The van der Waals surface area contributed by atoms with Crippen LogP contribution in [0.4, 0.5) is 0 Å². The molecule has 0 spiro atoms. The average molecular weight is 284 g/mol. The van der Waals surface area contributed by atoms with E-state index in [0.29, 0.717) is 13.2 Å². The van der Waals surface area contributed by atoms with E-state index in [0.717, 1.165) is 25.7 Å². The minimum atomic E-state index is -0.330. The molecule has 116 valence electrons. The van der Waals surface area contributed by atoms with Crippen LogP contribution in [0, 0.1) is 0 Å². The predicted molar refractivity (Wildman–Crippen MR) is 83.4 cm³/mol. The summed E-state index contributed by atoms with van der Waals surface area (Å²) in [5.74, 6) is -0.660. The molecule has 0 aromatic carbocycles. The van der Waals surface area contributed by atoms with E-state index in [2.05, 4.69) is 35.8 Å². The van der Waals surface area contributed by atoms with Crippen molar-refractivity contribution in [1.29, 1.82) is 0 Å². The van der Waals surface area contributed by atoms with Gasteiger partial charge in [0.2, 0.25) is 0 Å². The monoisotopic (exact) mass is 284 g/mol. The lowest BCUT2D eigenvalue weighted by Crippen LogP contribution is -2.00. The van der Waals surface area contributed by atoms with Gasteiger partial charge < -0.3 is 9.47 Å². The van der Waals surface area contributed by atoms with Crippen molar-refractivity contribution in [3.8, 4) is 0 Å². The zero-order valence-corrected chi connectivity index (χ0v) is 12.9. The van der Waals surface area contributed by atoms with Crippen molar-refractivity contribution in [1.82, 2.24) is 0 Å². The van der Waals surface area contributed by atoms with Crippen molar-refractivity contribution < 1.29 is 19.1 Å². The molecular formula is C16H28O4. The first kappa shape index (κ1) is 23.3. The SMILES string of the molecule is C=C.C=CC(=O)OCCCC.C=CC(=O)OCCCC. The van der Waals surface area contributed by atoms with Crippen molar-refractivity contribution in [3.05, 3.63) is 38.5 Å². The van der Waals surface area contributed by atoms with Crippen molar-refractivity contribution in [2.24, 2.45) is 0 Å². The molecule has 0 saturated carbocycles. The number of carbonyl (C=O) groups is 2. The zero-order valence-electron chi connectivity index (χ0n) is 12.9. The summed E-state index contributed by atoms with van der Waals surface area (Å²) in [5, 5.41) is 0. The highest BCUT2D eigenvalue weighted by atomic mass is 16.5. The van der Waals surface area contributed by atoms with Gasteiger partial charge in [-0.05, 0) is 12.8 Å². The minimum Gasteiger partial charge on any atom is -0.463 e. The molecule has 4 heteroatoms. The highest BCUT2D eigenvalue weighted by molar-refractivity contribution is 5.81. The molecule has 0 saturated heterocycles. The molecule has 0 heterocycles. The Morgan fingerprint density at radius 1 is 0.850 bits per heavy atom. The Morgan fingerprint density at radius 2 is 1.15 bits per heavy atom. The third-order valence-electron chi connectivity index (χ3n) is 1.82. The Bertz CT molecular complexity index is 233. The third-order valence-corrected chi connectivity index (χ3v) is 1.82. The summed E-state index contributed by atoms with van der Waals surface area (Å²) in [6, 6.07) is 0. The fraction of sp³-hybridized carbons (Fsp3) is 0.500. The number of rotatable bonds is 8. The highest BCUT2D eigenvalue weighted by Gasteiger charge is 1.92. The van der Waals surface area contributed by atoms with Gasteiger partial charge in [0.05, 0.1) is 13.2 Å². The molecule has 0 aromatic heterocycles. The number of hydrogen-bond acceptors (Lipinski definition) is 4. The Labute approximate surface area is 123 Å². The Balaban J connectivity index is -0.000000257. The van der Waals surface area contributed by atoms with Crippen molar-refractivity contribution in [2.75, 3.05) is 13.2 Å². The molecule has 0 bridgehead atoms. The number of esters is 2. The molecule has 0 aliphatic carbocycles. The first-order chi connectivity index (χ1) is 9.62. The normalized spacial score (nSPS) is 7.90. The lowest BCUT2D eigenvalue weighted by Gasteiger charge is -1.97. The summed E-state index contributed by atoms with van der Waals surface area (Å²) < 4.78 is 9.35. The summed E-state index contributed by atoms with van der Waals surface area (Å²) in [6.07, 6.45) is 6.30. The van der Waals surface area contributed by atoms with Gasteiger partial charge in [0, 0.05) is 12.2 Å². The van der Waals surface area contributed by atoms with Crippen LogP contribution in [0.2, 0.25) is 0 Å². The van der Waals surface area contributed by atoms with Crippen molar-refractivity contribution >= 4 is 11.9 Å². The Kier molecular flexibility index (Phi) is 26.0. The van der Waals surface area contributed by atoms with Gasteiger partial charge in [0.1, 0.15) is 0 Å². The molecule has 0 aromatic rings.